The molecule has 3 amide bonds. The van der Waals surface area contributed by atoms with Gasteiger partial charge >= 0.3 is 0 Å². The standard InChI is InChI=1S/C22H25N5O5S/c1-15-11-20(28)25-18-7-2-3-8-19(18)27(15)22(30)13-24-16-5-4-6-17(12-16)33(31,32)26-10-9-23-21(29)14-26/h2-8,12,15,24H,9-11,13-14H2,1H3,(H,23,29)(H,25,28)/t15-/m0/s1. The van der Waals surface area contributed by atoms with Gasteiger partial charge in [0.1, 0.15) is 0 Å². The van der Waals surface area contributed by atoms with Crippen molar-refractivity contribution in [1.82, 2.24) is 9.62 Å². The predicted molar refractivity (Wildman–Crippen MR) is 123 cm³/mol. The monoisotopic (exact) mass is 471 g/mol. The number of anilines is 3. The lowest BCUT2D eigenvalue weighted by Gasteiger charge is -2.28. The molecule has 1 saturated heterocycles. The Labute approximate surface area is 192 Å². The Kier molecular flexibility index (Phi) is 6.34. The van der Waals surface area contributed by atoms with Crippen LogP contribution in [-0.4, -0.2) is 62.7 Å². The Hall–Kier alpha value is -3.44. The molecule has 33 heavy (non-hydrogen) atoms. The first kappa shape index (κ1) is 22.7. The highest BCUT2D eigenvalue weighted by molar-refractivity contribution is 7.89. The maximum atomic E-state index is 13.1. The summed E-state index contributed by atoms with van der Waals surface area (Å²) in [6.07, 6.45) is 0.164. The van der Waals surface area contributed by atoms with Crippen molar-refractivity contribution in [1.29, 1.82) is 0 Å². The fraction of sp³-hybridized carbons (Fsp3) is 0.318. The van der Waals surface area contributed by atoms with Gasteiger partial charge in [0.25, 0.3) is 0 Å². The molecule has 2 aromatic carbocycles. The summed E-state index contributed by atoms with van der Waals surface area (Å²) in [4.78, 5) is 38.5. The molecule has 0 radical (unpaired) electrons. The third-order valence-corrected chi connectivity index (χ3v) is 7.39. The predicted octanol–water partition coefficient (Wildman–Crippen LogP) is 0.983. The van der Waals surface area contributed by atoms with Gasteiger partial charge in [0.05, 0.1) is 29.4 Å². The smallest absolute Gasteiger partial charge is 0.246 e. The minimum Gasteiger partial charge on any atom is -0.376 e. The molecule has 0 aliphatic carbocycles. The summed E-state index contributed by atoms with van der Waals surface area (Å²) in [5.74, 6) is -0.764. The second-order valence-electron chi connectivity index (χ2n) is 7.95. The van der Waals surface area contributed by atoms with E-state index in [1.807, 2.05) is 6.92 Å². The number of rotatable bonds is 5. The first-order valence-corrected chi connectivity index (χ1v) is 12.0. The Bertz CT molecular complexity index is 1200. The number of hydrogen-bond donors (Lipinski definition) is 3. The van der Waals surface area contributed by atoms with Gasteiger partial charge in [0.2, 0.25) is 27.7 Å². The number of piperazine rings is 1. The molecule has 0 saturated carbocycles. The fourth-order valence-corrected chi connectivity index (χ4v) is 5.41. The number of benzene rings is 2. The molecule has 1 atom stereocenters. The Morgan fingerprint density at radius 2 is 1.91 bits per heavy atom. The Balaban J connectivity index is 1.50. The molecule has 0 spiro atoms. The number of carbonyl (C=O) groups excluding carboxylic acids is 3. The summed E-state index contributed by atoms with van der Waals surface area (Å²) in [5.41, 5.74) is 1.64. The van der Waals surface area contributed by atoms with E-state index < -0.39 is 10.0 Å². The van der Waals surface area contributed by atoms with Gasteiger partial charge < -0.3 is 20.9 Å². The molecule has 2 aromatic rings. The quantitative estimate of drug-likeness (QED) is 0.597. The van der Waals surface area contributed by atoms with Gasteiger partial charge in [-0.05, 0) is 37.3 Å². The van der Waals surface area contributed by atoms with E-state index in [-0.39, 0.29) is 61.3 Å². The molecule has 0 unspecified atom stereocenters. The lowest BCUT2D eigenvalue weighted by Crippen LogP contribution is -2.49. The third kappa shape index (κ3) is 4.83. The Morgan fingerprint density at radius 1 is 1.12 bits per heavy atom. The highest BCUT2D eigenvalue weighted by Gasteiger charge is 2.30. The summed E-state index contributed by atoms with van der Waals surface area (Å²) >= 11 is 0. The van der Waals surface area contributed by atoms with Crippen LogP contribution in [0.2, 0.25) is 0 Å². The largest absolute Gasteiger partial charge is 0.376 e. The maximum Gasteiger partial charge on any atom is 0.246 e. The van der Waals surface area contributed by atoms with Gasteiger partial charge in [0.15, 0.2) is 0 Å². The molecule has 174 valence electrons. The molecule has 0 aromatic heterocycles. The van der Waals surface area contributed by atoms with Crippen molar-refractivity contribution in [2.75, 3.05) is 41.7 Å². The third-order valence-electron chi connectivity index (χ3n) is 5.55. The molecule has 3 N–H and O–H groups in total. The van der Waals surface area contributed by atoms with E-state index >= 15 is 0 Å². The number of nitrogens with one attached hydrogen (secondary N) is 3. The van der Waals surface area contributed by atoms with E-state index in [9.17, 15) is 22.8 Å². The average molecular weight is 472 g/mol. The summed E-state index contributed by atoms with van der Waals surface area (Å²) < 4.78 is 27.0. The van der Waals surface area contributed by atoms with Crippen LogP contribution in [-0.2, 0) is 24.4 Å². The summed E-state index contributed by atoms with van der Waals surface area (Å²) in [7, 11) is -3.84. The lowest BCUT2D eigenvalue weighted by atomic mass is 10.1. The van der Waals surface area contributed by atoms with E-state index in [1.165, 1.54) is 12.1 Å². The number of nitrogens with zero attached hydrogens (tertiary/aromatic N) is 2. The topological polar surface area (TPSA) is 128 Å². The minimum atomic E-state index is -3.84. The van der Waals surface area contributed by atoms with E-state index in [2.05, 4.69) is 16.0 Å². The molecule has 10 nitrogen and oxygen atoms in total. The number of fused-ring (bicyclic) bond motifs is 1. The van der Waals surface area contributed by atoms with Crippen LogP contribution < -0.4 is 20.9 Å². The van der Waals surface area contributed by atoms with Crippen molar-refractivity contribution in [2.45, 2.75) is 24.3 Å². The molecule has 2 aliphatic rings. The maximum absolute atomic E-state index is 13.1. The van der Waals surface area contributed by atoms with Gasteiger partial charge in [-0.15, -0.1) is 0 Å². The van der Waals surface area contributed by atoms with Crippen molar-refractivity contribution < 1.29 is 22.8 Å². The van der Waals surface area contributed by atoms with Crippen LogP contribution in [0.4, 0.5) is 17.1 Å². The van der Waals surface area contributed by atoms with Crippen LogP contribution in [0.15, 0.2) is 53.4 Å². The van der Waals surface area contributed by atoms with Crippen molar-refractivity contribution in [2.24, 2.45) is 0 Å². The average Bonchev–Trinajstić information content (AvgIpc) is 2.91. The van der Waals surface area contributed by atoms with E-state index in [0.717, 1.165) is 4.31 Å². The second kappa shape index (κ2) is 9.20. The van der Waals surface area contributed by atoms with Gasteiger partial charge in [-0.1, -0.05) is 18.2 Å². The first-order chi connectivity index (χ1) is 15.8. The van der Waals surface area contributed by atoms with E-state index in [0.29, 0.717) is 17.1 Å². The van der Waals surface area contributed by atoms with Crippen LogP contribution in [0.1, 0.15) is 13.3 Å². The number of amides is 3. The molecule has 2 heterocycles. The van der Waals surface area contributed by atoms with Gasteiger partial charge in [-0.2, -0.15) is 4.31 Å². The molecule has 2 aliphatic heterocycles. The van der Waals surface area contributed by atoms with Gasteiger partial charge in [-0.25, -0.2) is 8.42 Å². The van der Waals surface area contributed by atoms with Crippen LogP contribution in [0.25, 0.3) is 0 Å². The molecular formula is C22H25N5O5S. The summed E-state index contributed by atoms with van der Waals surface area (Å²) in [6.45, 7) is 1.95. The molecule has 0 bridgehead atoms. The second-order valence-corrected chi connectivity index (χ2v) is 9.89. The lowest BCUT2D eigenvalue weighted by molar-refractivity contribution is -0.122. The van der Waals surface area contributed by atoms with Crippen LogP contribution in [0.5, 0.6) is 0 Å². The summed E-state index contributed by atoms with van der Waals surface area (Å²) in [6, 6.07) is 12.9. The number of para-hydroxylation sites is 2. The normalized spacial score (nSPS) is 19.2. The van der Waals surface area contributed by atoms with Gasteiger partial charge in [0, 0.05) is 31.2 Å². The zero-order chi connectivity index (χ0) is 23.6. The molecule has 4 rings (SSSR count). The zero-order valence-electron chi connectivity index (χ0n) is 18.1. The molecule has 1 fully saturated rings. The van der Waals surface area contributed by atoms with Crippen LogP contribution >= 0.6 is 0 Å². The van der Waals surface area contributed by atoms with Crippen LogP contribution in [0.3, 0.4) is 0 Å². The highest BCUT2D eigenvalue weighted by Crippen LogP contribution is 2.31. The highest BCUT2D eigenvalue weighted by atomic mass is 32.2. The fourth-order valence-electron chi connectivity index (χ4n) is 3.97. The van der Waals surface area contributed by atoms with Crippen molar-refractivity contribution in [3.05, 3.63) is 48.5 Å². The zero-order valence-corrected chi connectivity index (χ0v) is 18.9. The molecular weight excluding hydrogens is 446 g/mol. The van der Waals surface area contributed by atoms with Crippen molar-refractivity contribution in [3.8, 4) is 0 Å². The first-order valence-electron chi connectivity index (χ1n) is 10.6. The van der Waals surface area contributed by atoms with Crippen molar-refractivity contribution >= 4 is 44.8 Å². The van der Waals surface area contributed by atoms with E-state index in [4.69, 9.17) is 0 Å². The SMILES string of the molecule is C[C@H]1CC(=O)Nc2ccccc2N1C(=O)CNc1cccc(S(=O)(=O)N2CCNC(=O)C2)c1. The number of sulfonamides is 1. The molecule has 11 heteroatoms. The summed E-state index contributed by atoms with van der Waals surface area (Å²) in [5, 5.41) is 8.41. The number of carbonyl (C=O) groups is 3. The minimum absolute atomic E-state index is 0.0398. The van der Waals surface area contributed by atoms with Gasteiger partial charge in [-0.3, -0.25) is 14.4 Å². The number of hydrogen-bond acceptors (Lipinski definition) is 6. The Morgan fingerprint density at radius 3 is 2.70 bits per heavy atom. The van der Waals surface area contributed by atoms with E-state index in [1.54, 1.807) is 41.3 Å². The van der Waals surface area contributed by atoms with Crippen molar-refractivity contribution in [3.63, 3.8) is 0 Å². The van der Waals surface area contributed by atoms with Crippen LogP contribution in [0, 0.1) is 0 Å².